The number of hydrogen-bond donors (Lipinski definition) is 1. The van der Waals surface area contributed by atoms with Crippen molar-refractivity contribution in [2.75, 3.05) is 20.8 Å². The van der Waals surface area contributed by atoms with Crippen LogP contribution in [0.5, 0.6) is 0 Å². The quantitative estimate of drug-likeness (QED) is 0.785. The third-order valence-electron chi connectivity index (χ3n) is 4.68. The molecule has 0 aromatic rings. The Kier molecular flexibility index (Phi) is 7.46. The van der Waals surface area contributed by atoms with Gasteiger partial charge in [-0.25, -0.2) is 4.99 Å². The molecule has 0 amide bonds. The number of allylic oxidation sites excluding steroid dienone is 8. The van der Waals surface area contributed by atoms with E-state index in [2.05, 4.69) is 4.99 Å². The molecule has 3 heterocycles. The van der Waals surface area contributed by atoms with Gasteiger partial charge in [0.2, 0.25) is 6.29 Å². The Balaban J connectivity index is 1.75. The van der Waals surface area contributed by atoms with E-state index in [1.165, 1.54) is 12.5 Å². The van der Waals surface area contributed by atoms with Crippen molar-refractivity contribution in [3.63, 3.8) is 0 Å². The monoisotopic (exact) mass is 400 g/mol. The van der Waals surface area contributed by atoms with Crippen LogP contribution in [-0.4, -0.2) is 61.1 Å². The molecule has 7 heteroatoms. The topological polar surface area (TPSA) is 72.8 Å². The minimum Gasteiger partial charge on any atom is -0.469 e. The maximum atomic E-state index is 10.7. The minimum absolute atomic E-state index is 0.0129. The second-order valence-electron chi connectivity index (χ2n) is 7.13. The Morgan fingerprint density at radius 1 is 1.14 bits per heavy atom. The van der Waals surface area contributed by atoms with Crippen molar-refractivity contribution in [1.82, 2.24) is 4.90 Å². The van der Waals surface area contributed by atoms with E-state index in [4.69, 9.17) is 18.9 Å². The highest BCUT2D eigenvalue weighted by Gasteiger charge is 2.38. The van der Waals surface area contributed by atoms with Gasteiger partial charge >= 0.3 is 0 Å². The summed E-state index contributed by atoms with van der Waals surface area (Å²) in [5, 5.41) is 10.7. The van der Waals surface area contributed by atoms with Crippen molar-refractivity contribution < 1.29 is 24.1 Å². The van der Waals surface area contributed by atoms with Gasteiger partial charge in [0.05, 0.1) is 12.4 Å². The fourth-order valence-corrected chi connectivity index (χ4v) is 3.16. The van der Waals surface area contributed by atoms with E-state index in [0.29, 0.717) is 11.5 Å². The first-order chi connectivity index (χ1) is 14.0. The second kappa shape index (κ2) is 10.2. The Labute approximate surface area is 171 Å². The van der Waals surface area contributed by atoms with Gasteiger partial charge in [-0.05, 0) is 51.7 Å². The smallest absolute Gasteiger partial charge is 0.227 e. The zero-order valence-electron chi connectivity index (χ0n) is 17.0. The van der Waals surface area contributed by atoms with Gasteiger partial charge in [-0.3, -0.25) is 0 Å². The summed E-state index contributed by atoms with van der Waals surface area (Å²) in [7, 11) is 3.90. The Bertz CT molecular complexity index is 776. The molecule has 4 atom stereocenters. The van der Waals surface area contributed by atoms with Crippen molar-refractivity contribution in [3.8, 4) is 0 Å². The molecule has 0 saturated carbocycles. The van der Waals surface area contributed by atoms with Crippen molar-refractivity contribution in [3.05, 3.63) is 72.7 Å². The number of rotatable bonds is 3. The molecular formula is C22H28N2O5. The molecule has 0 aliphatic carbocycles. The van der Waals surface area contributed by atoms with E-state index in [1.807, 2.05) is 56.3 Å². The number of nitrogens with zero attached hydrogens (tertiary/aromatic N) is 2. The lowest BCUT2D eigenvalue weighted by Crippen LogP contribution is -2.54. The fourth-order valence-electron chi connectivity index (χ4n) is 3.16. The van der Waals surface area contributed by atoms with Crippen molar-refractivity contribution in [2.24, 2.45) is 4.99 Å². The molecule has 3 rings (SSSR count). The third-order valence-corrected chi connectivity index (χ3v) is 4.68. The standard InChI is InChI=1S/C22H28N2O5/c1-16-13-19(24(2)3)21(25)22(28-16)29-17-9-5-4-6-11-18-20(27-15-23-18)14-26-12-8-7-10-17/h4-12,14,16,19,21-22,25H,13,15H2,1-3H3/t16-,19+,21-,22?/m1/s1. The van der Waals surface area contributed by atoms with E-state index in [0.717, 1.165) is 12.1 Å². The third kappa shape index (κ3) is 5.93. The summed E-state index contributed by atoms with van der Waals surface area (Å²) in [5.41, 5.74) is 0.721. The summed E-state index contributed by atoms with van der Waals surface area (Å²) in [6.45, 7) is 2.27. The van der Waals surface area contributed by atoms with E-state index in [1.54, 1.807) is 18.2 Å². The van der Waals surface area contributed by atoms with Gasteiger partial charge in [-0.15, -0.1) is 0 Å². The molecule has 1 fully saturated rings. The predicted octanol–water partition coefficient (Wildman–Crippen LogP) is 2.80. The summed E-state index contributed by atoms with van der Waals surface area (Å²) in [6.07, 6.45) is 16.8. The van der Waals surface area contributed by atoms with Crippen LogP contribution >= 0.6 is 0 Å². The summed E-state index contributed by atoms with van der Waals surface area (Å²) < 4.78 is 22.6. The average molecular weight is 400 g/mol. The van der Waals surface area contributed by atoms with Gasteiger partial charge in [0.1, 0.15) is 23.8 Å². The van der Waals surface area contributed by atoms with E-state index >= 15 is 0 Å². The van der Waals surface area contributed by atoms with Crippen LogP contribution in [0.25, 0.3) is 0 Å². The molecule has 29 heavy (non-hydrogen) atoms. The first kappa shape index (κ1) is 21.1. The lowest BCUT2D eigenvalue weighted by Gasteiger charge is -2.40. The first-order valence-corrected chi connectivity index (χ1v) is 9.62. The number of aliphatic hydroxyl groups is 1. The Morgan fingerprint density at radius 3 is 2.79 bits per heavy atom. The van der Waals surface area contributed by atoms with E-state index < -0.39 is 12.4 Å². The lowest BCUT2D eigenvalue weighted by atomic mass is 9.99. The molecule has 1 unspecified atom stereocenters. The molecule has 156 valence electrons. The van der Waals surface area contributed by atoms with Gasteiger partial charge in [0.15, 0.2) is 12.5 Å². The highest BCUT2D eigenvalue weighted by atomic mass is 16.7. The number of aliphatic imine (C=N–C) groups is 1. The molecule has 0 aromatic heterocycles. The van der Waals surface area contributed by atoms with Crippen LogP contribution in [-0.2, 0) is 18.9 Å². The summed E-state index contributed by atoms with van der Waals surface area (Å²) >= 11 is 0. The van der Waals surface area contributed by atoms with Crippen LogP contribution in [0, 0.1) is 0 Å². The molecule has 1 saturated heterocycles. The Morgan fingerprint density at radius 2 is 1.97 bits per heavy atom. The summed E-state index contributed by atoms with van der Waals surface area (Å²) in [5.74, 6) is 1.15. The van der Waals surface area contributed by atoms with Gasteiger partial charge in [-0.2, -0.15) is 0 Å². The van der Waals surface area contributed by atoms with Gasteiger partial charge in [-0.1, -0.05) is 24.3 Å². The second-order valence-corrected chi connectivity index (χ2v) is 7.13. The summed E-state index contributed by atoms with van der Waals surface area (Å²) in [4.78, 5) is 6.26. The number of fused-ring (bicyclic) bond motifs is 1. The molecule has 0 aromatic carbocycles. The molecule has 0 bridgehead atoms. The van der Waals surface area contributed by atoms with Crippen molar-refractivity contribution in [1.29, 1.82) is 0 Å². The van der Waals surface area contributed by atoms with E-state index in [9.17, 15) is 5.11 Å². The van der Waals surface area contributed by atoms with Crippen LogP contribution in [0.1, 0.15) is 13.3 Å². The molecule has 3 aliphatic rings. The van der Waals surface area contributed by atoms with E-state index in [-0.39, 0.29) is 18.9 Å². The highest BCUT2D eigenvalue weighted by molar-refractivity contribution is 6.07. The van der Waals surface area contributed by atoms with Crippen LogP contribution in [0.3, 0.4) is 0 Å². The lowest BCUT2D eigenvalue weighted by molar-refractivity contribution is -0.236. The molecule has 7 nitrogen and oxygen atoms in total. The number of likely N-dealkylation sites (N-methyl/N-ethyl adjacent to an activating group) is 1. The molecular weight excluding hydrogens is 372 g/mol. The van der Waals surface area contributed by atoms with Crippen LogP contribution in [0.4, 0.5) is 0 Å². The van der Waals surface area contributed by atoms with Gasteiger partial charge < -0.3 is 29.0 Å². The van der Waals surface area contributed by atoms with Crippen LogP contribution in [0.2, 0.25) is 0 Å². The minimum atomic E-state index is -0.754. The number of ether oxygens (including phenoxy) is 4. The number of aliphatic hydroxyl groups excluding tert-OH is 1. The molecule has 1 N–H and O–H groups in total. The average Bonchev–Trinajstić information content (AvgIpc) is 3.13. The zero-order valence-corrected chi connectivity index (χ0v) is 17.0. The largest absolute Gasteiger partial charge is 0.469 e. The first-order valence-electron chi connectivity index (χ1n) is 9.62. The molecule has 0 spiro atoms. The molecule has 3 aliphatic heterocycles. The fraction of sp³-hybridized carbons (Fsp3) is 0.409. The number of hydrogen-bond acceptors (Lipinski definition) is 7. The SMILES string of the molecule is C[C@@H]1C[C@H](N(C)C)[C@@H](O)C(OC2=CC=CC=CC3=NCOC3=COC=CC=C2)O1. The summed E-state index contributed by atoms with van der Waals surface area (Å²) in [6, 6.07) is -0.0333. The normalized spacial score (nSPS) is 29.9. The van der Waals surface area contributed by atoms with Gasteiger partial charge in [0, 0.05) is 6.04 Å². The highest BCUT2D eigenvalue weighted by Crippen LogP contribution is 2.25. The van der Waals surface area contributed by atoms with Gasteiger partial charge in [0.25, 0.3) is 0 Å². The van der Waals surface area contributed by atoms with Crippen LogP contribution < -0.4 is 0 Å². The maximum Gasteiger partial charge on any atom is 0.227 e. The van der Waals surface area contributed by atoms with Crippen molar-refractivity contribution >= 4 is 5.71 Å². The van der Waals surface area contributed by atoms with Crippen molar-refractivity contribution in [2.45, 2.75) is 37.9 Å². The Hall–Kier alpha value is -2.61. The molecule has 0 radical (unpaired) electrons. The maximum absolute atomic E-state index is 10.7. The zero-order chi connectivity index (χ0) is 20.6. The predicted molar refractivity (Wildman–Crippen MR) is 111 cm³/mol. The van der Waals surface area contributed by atoms with Crippen LogP contribution in [0.15, 0.2) is 77.6 Å².